The molecule has 120 valence electrons. The zero-order chi connectivity index (χ0) is 15.9. The van der Waals surface area contributed by atoms with E-state index in [0.29, 0.717) is 17.0 Å². The number of pyridine rings is 1. The molecule has 0 aliphatic carbocycles. The fraction of sp³-hybridized carbons (Fsp3) is 0.647. The first-order valence-electron chi connectivity index (χ1n) is 8.24. The molecule has 1 N–H and O–H groups in total. The van der Waals surface area contributed by atoms with Crippen molar-refractivity contribution in [2.45, 2.75) is 45.6 Å². The third-order valence-electron chi connectivity index (χ3n) is 4.65. The van der Waals surface area contributed by atoms with E-state index < -0.39 is 0 Å². The lowest BCUT2D eigenvalue weighted by molar-refractivity contribution is 0.175. The van der Waals surface area contributed by atoms with Crippen molar-refractivity contribution in [3.8, 4) is 6.07 Å². The fourth-order valence-corrected chi connectivity index (χ4v) is 3.48. The van der Waals surface area contributed by atoms with Crippen LogP contribution >= 0.6 is 11.6 Å². The van der Waals surface area contributed by atoms with E-state index in [1.807, 2.05) is 12.1 Å². The second-order valence-corrected chi connectivity index (χ2v) is 6.31. The second-order valence-electron chi connectivity index (χ2n) is 5.91. The molecule has 1 aromatic heterocycles. The van der Waals surface area contributed by atoms with Crippen LogP contribution in [0.25, 0.3) is 0 Å². The first-order chi connectivity index (χ1) is 10.7. The number of rotatable bonds is 7. The maximum absolute atomic E-state index is 9.02. The lowest BCUT2D eigenvalue weighted by atomic mass is 9.93. The first-order valence-corrected chi connectivity index (χ1v) is 8.61. The highest BCUT2D eigenvalue weighted by atomic mass is 35.5. The van der Waals surface area contributed by atoms with Crippen molar-refractivity contribution in [1.29, 1.82) is 5.26 Å². The van der Waals surface area contributed by atoms with Crippen LogP contribution < -0.4 is 5.32 Å². The minimum atomic E-state index is 0.284. The predicted molar refractivity (Wildman–Crippen MR) is 91.1 cm³/mol. The van der Waals surface area contributed by atoms with Crippen LogP contribution in [-0.4, -0.2) is 35.6 Å². The number of nitrogens with zero attached hydrogens (tertiary/aromatic N) is 3. The van der Waals surface area contributed by atoms with E-state index in [-0.39, 0.29) is 5.69 Å². The Morgan fingerprint density at radius 2 is 2.00 bits per heavy atom. The van der Waals surface area contributed by atoms with E-state index in [4.69, 9.17) is 16.9 Å². The molecule has 1 aliphatic rings. The Hall–Kier alpha value is -1.31. The van der Waals surface area contributed by atoms with Gasteiger partial charge in [0.15, 0.2) is 5.69 Å². The molecular weight excluding hydrogens is 296 g/mol. The van der Waals surface area contributed by atoms with Gasteiger partial charge >= 0.3 is 0 Å². The highest BCUT2D eigenvalue weighted by molar-refractivity contribution is 6.31. The van der Waals surface area contributed by atoms with E-state index in [0.717, 1.165) is 12.4 Å². The summed E-state index contributed by atoms with van der Waals surface area (Å²) < 4.78 is 0. The molecule has 0 amide bonds. The van der Waals surface area contributed by atoms with Gasteiger partial charge in [-0.1, -0.05) is 38.3 Å². The molecule has 4 nitrogen and oxygen atoms in total. The summed E-state index contributed by atoms with van der Waals surface area (Å²) in [6.45, 7) is 7.80. The van der Waals surface area contributed by atoms with Crippen molar-refractivity contribution in [3.63, 3.8) is 0 Å². The van der Waals surface area contributed by atoms with Crippen LogP contribution in [0.3, 0.4) is 0 Å². The molecule has 1 atom stereocenters. The lowest BCUT2D eigenvalue weighted by Gasteiger charge is -2.34. The highest BCUT2D eigenvalue weighted by Crippen LogP contribution is 2.23. The third kappa shape index (κ3) is 4.12. The molecule has 1 aliphatic heterocycles. The van der Waals surface area contributed by atoms with Crippen molar-refractivity contribution < 1.29 is 0 Å². The third-order valence-corrected chi connectivity index (χ3v) is 4.95. The normalized spacial score (nSPS) is 16.7. The Kier molecular flexibility index (Phi) is 6.48. The monoisotopic (exact) mass is 320 g/mol. The van der Waals surface area contributed by atoms with Crippen molar-refractivity contribution in [1.82, 2.24) is 9.88 Å². The van der Waals surface area contributed by atoms with Crippen LogP contribution in [0, 0.1) is 17.2 Å². The van der Waals surface area contributed by atoms with Gasteiger partial charge in [-0.2, -0.15) is 5.26 Å². The SMILES string of the molecule is CCC(CC)C(CNc1ccc(Cl)c(C#N)n1)N1CCCC1. The van der Waals surface area contributed by atoms with E-state index in [2.05, 4.69) is 29.0 Å². The number of nitriles is 1. The molecular formula is C17H25ClN4. The number of nitrogens with one attached hydrogen (secondary N) is 1. The highest BCUT2D eigenvalue weighted by Gasteiger charge is 2.27. The summed E-state index contributed by atoms with van der Waals surface area (Å²) >= 11 is 5.94. The Balaban J connectivity index is 2.05. The minimum absolute atomic E-state index is 0.284. The molecule has 1 saturated heterocycles. The van der Waals surface area contributed by atoms with E-state index >= 15 is 0 Å². The average molecular weight is 321 g/mol. The Labute approximate surface area is 138 Å². The molecule has 0 radical (unpaired) electrons. The maximum Gasteiger partial charge on any atom is 0.161 e. The van der Waals surface area contributed by atoms with Gasteiger partial charge in [0.2, 0.25) is 0 Å². The number of anilines is 1. The maximum atomic E-state index is 9.02. The van der Waals surface area contributed by atoms with Gasteiger partial charge in [0, 0.05) is 12.6 Å². The summed E-state index contributed by atoms with van der Waals surface area (Å²) in [4.78, 5) is 6.88. The topological polar surface area (TPSA) is 52.0 Å². The van der Waals surface area contributed by atoms with Gasteiger partial charge in [0.05, 0.1) is 5.02 Å². The summed E-state index contributed by atoms with van der Waals surface area (Å²) in [5.41, 5.74) is 0.284. The van der Waals surface area contributed by atoms with E-state index in [1.54, 1.807) is 6.07 Å². The lowest BCUT2D eigenvalue weighted by Crippen LogP contribution is -2.43. The number of hydrogen-bond acceptors (Lipinski definition) is 4. The predicted octanol–water partition coefficient (Wildman–Crippen LogP) is 3.92. The fourth-order valence-electron chi connectivity index (χ4n) is 3.33. The van der Waals surface area contributed by atoms with Crippen LogP contribution in [0.5, 0.6) is 0 Å². The number of likely N-dealkylation sites (tertiary alicyclic amines) is 1. The zero-order valence-corrected chi connectivity index (χ0v) is 14.2. The quantitative estimate of drug-likeness (QED) is 0.827. The summed E-state index contributed by atoms with van der Waals surface area (Å²) in [5.74, 6) is 1.42. The zero-order valence-electron chi connectivity index (χ0n) is 13.5. The minimum Gasteiger partial charge on any atom is -0.368 e. The Morgan fingerprint density at radius 1 is 1.32 bits per heavy atom. The Bertz CT molecular complexity index is 514. The Morgan fingerprint density at radius 3 is 2.59 bits per heavy atom. The van der Waals surface area contributed by atoms with Crippen LogP contribution in [0.4, 0.5) is 5.82 Å². The van der Waals surface area contributed by atoms with Crippen molar-refractivity contribution >= 4 is 17.4 Å². The van der Waals surface area contributed by atoms with Crippen molar-refractivity contribution in [2.24, 2.45) is 5.92 Å². The van der Waals surface area contributed by atoms with Crippen LogP contribution in [0.15, 0.2) is 12.1 Å². The molecule has 2 heterocycles. The molecule has 0 aromatic carbocycles. The van der Waals surface area contributed by atoms with Crippen molar-refractivity contribution in [2.75, 3.05) is 25.0 Å². The molecule has 1 unspecified atom stereocenters. The summed E-state index contributed by atoms with van der Waals surface area (Å²) in [5, 5.41) is 12.8. The standard InChI is InChI=1S/C17H25ClN4/c1-3-13(4-2)16(22-9-5-6-10-22)12-20-17-8-7-14(18)15(11-19)21-17/h7-8,13,16H,3-6,9-10,12H2,1-2H3,(H,20,21). The van der Waals surface area contributed by atoms with Gasteiger partial charge in [-0.3, -0.25) is 4.90 Å². The van der Waals surface area contributed by atoms with Gasteiger partial charge in [-0.15, -0.1) is 0 Å². The summed E-state index contributed by atoms with van der Waals surface area (Å²) in [6.07, 6.45) is 4.98. The number of halogens is 1. The number of aromatic nitrogens is 1. The van der Waals surface area contributed by atoms with Gasteiger partial charge in [-0.25, -0.2) is 4.98 Å². The smallest absolute Gasteiger partial charge is 0.161 e. The molecule has 2 rings (SSSR count). The molecule has 1 fully saturated rings. The van der Waals surface area contributed by atoms with Crippen LogP contribution in [0.2, 0.25) is 5.02 Å². The summed E-state index contributed by atoms with van der Waals surface area (Å²) in [7, 11) is 0. The van der Waals surface area contributed by atoms with E-state index in [9.17, 15) is 0 Å². The van der Waals surface area contributed by atoms with Crippen LogP contribution in [-0.2, 0) is 0 Å². The van der Waals surface area contributed by atoms with Crippen LogP contribution in [0.1, 0.15) is 45.2 Å². The average Bonchev–Trinajstić information content (AvgIpc) is 3.06. The largest absolute Gasteiger partial charge is 0.368 e. The van der Waals surface area contributed by atoms with Crippen molar-refractivity contribution in [3.05, 3.63) is 22.8 Å². The second kappa shape index (κ2) is 8.36. The first kappa shape index (κ1) is 17.1. The molecule has 22 heavy (non-hydrogen) atoms. The summed E-state index contributed by atoms with van der Waals surface area (Å²) in [6, 6.07) is 6.14. The van der Waals surface area contributed by atoms with Gasteiger partial charge in [0.1, 0.15) is 11.9 Å². The van der Waals surface area contributed by atoms with Gasteiger partial charge in [-0.05, 0) is 44.0 Å². The molecule has 1 aromatic rings. The number of hydrogen-bond donors (Lipinski definition) is 1. The molecule has 0 bridgehead atoms. The molecule has 0 saturated carbocycles. The van der Waals surface area contributed by atoms with E-state index in [1.165, 1.54) is 38.8 Å². The molecule has 0 spiro atoms. The van der Waals surface area contributed by atoms with Gasteiger partial charge in [0.25, 0.3) is 0 Å². The van der Waals surface area contributed by atoms with Gasteiger partial charge < -0.3 is 5.32 Å². The molecule has 5 heteroatoms.